The fraction of sp³-hybridized carbons (Fsp3) is 0.692. The van der Waals surface area contributed by atoms with Crippen molar-refractivity contribution in [2.75, 3.05) is 6.61 Å². The second kappa shape index (κ2) is 7.87. The van der Waals surface area contributed by atoms with Crippen molar-refractivity contribution in [3.05, 3.63) is 18.7 Å². The molecule has 1 heterocycles. The summed E-state index contributed by atoms with van der Waals surface area (Å²) < 4.78 is 1.98. The normalized spacial score (nSPS) is 14.2. The number of carbonyl (C=O) groups excluding carboxylic acids is 1. The van der Waals surface area contributed by atoms with E-state index in [1.807, 2.05) is 17.7 Å². The van der Waals surface area contributed by atoms with Gasteiger partial charge in [0.05, 0.1) is 19.0 Å². The number of nitrogens with one attached hydrogen (secondary N) is 1. The quantitative estimate of drug-likeness (QED) is 0.738. The van der Waals surface area contributed by atoms with Crippen molar-refractivity contribution in [1.29, 1.82) is 0 Å². The van der Waals surface area contributed by atoms with Crippen molar-refractivity contribution in [2.24, 2.45) is 0 Å². The molecular formula is C13H23N3O2. The number of amides is 1. The molecule has 2 N–H and O–H groups in total. The van der Waals surface area contributed by atoms with Crippen molar-refractivity contribution in [3.8, 4) is 0 Å². The van der Waals surface area contributed by atoms with Crippen LogP contribution in [0.4, 0.5) is 0 Å². The summed E-state index contributed by atoms with van der Waals surface area (Å²) in [5, 5.41) is 11.9. The highest BCUT2D eigenvalue weighted by Crippen LogP contribution is 2.17. The number of hydrogen-bond donors (Lipinski definition) is 2. The average Bonchev–Trinajstić information content (AvgIpc) is 2.89. The predicted octanol–water partition coefficient (Wildman–Crippen LogP) is 1.50. The molecule has 0 aliphatic carbocycles. The molecular weight excluding hydrogens is 230 g/mol. The van der Waals surface area contributed by atoms with Gasteiger partial charge in [-0.25, -0.2) is 4.98 Å². The smallest absolute Gasteiger partial charge is 0.222 e. The van der Waals surface area contributed by atoms with Gasteiger partial charge in [-0.3, -0.25) is 4.79 Å². The molecule has 0 aliphatic heterocycles. The van der Waals surface area contributed by atoms with Gasteiger partial charge in [0, 0.05) is 24.9 Å². The third-order valence-electron chi connectivity index (χ3n) is 3.07. The van der Waals surface area contributed by atoms with Crippen molar-refractivity contribution >= 4 is 5.91 Å². The van der Waals surface area contributed by atoms with E-state index in [1.165, 1.54) is 0 Å². The van der Waals surface area contributed by atoms with E-state index in [1.54, 1.807) is 12.5 Å². The van der Waals surface area contributed by atoms with E-state index in [-0.39, 0.29) is 24.6 Å². The van der Waals surface area contributed by atoms with Gasteiger partial charge in [0.15, 0.2) is 0 Å². The average molecular weight is 253 g/mol. The second-order valence-corrected chi connectivity index (χ2v) is 4.51. The Balaban J connectivity index is 2.53. The van der Waals surface area contributed by atoms with Crippen LogP contribution >= 0.6 is 0 Å². The number of aromatic nitrogens is 2. The van der Waals surface area contributed by atoms with Gasteiger partial charge in [0.25, 0.3) is 0 Å². The van der Waals surface area contributed by atoms with Crippen molar-refractivity contribution in [2.45, 2.75) is 51.6 Å². The molecule has 0 saturated carbocycles. The molecule has 0 aromatic carbocycles. The summed E-state index contributed by atoms with van der Waals surface area (Å²) in [6.07, 6.45) is 8.50. The largest absolute Gasteiger partial charge is 0.394 e. The molecule has 102 valence electrons. The Morgan fingerprint density at radius 3 is 2.78 bits per heavy atom. The first-order chi connectivity index (χ1) is 8.71. The molecule has 1 amide bonds. The molecule has 5 nitrogen and oxygen atoms in total. The zero-order chi connectivity index (χ0) is 13.4. The first-order valence-corrected chi connectivity index (χ1v) is 6.58. The van der Waals surface area contributed by atoms with Crippen molar-refractivity contribution in [3.63, 3.8) is 0 Å². The molecule has 0 radical (unpaired) electrons. The lowest BCUT2D eigenvalue weighted by Crippen LogP contribution is -2.37. The highest BCUT2D eigenvalue weighted by atomic mass is 16.3. The van der Waals surface area contributed by atoms with E-state index in [0.29, 0.717) is 6.42 Å². The van der Waals surface area contributed by atoms with Crippen molar-refractivity contribution in [1.82, 2.24) is 14.9 Å². The minimum absolute atomic E-state index is 0.00817. The van der Waals surface area contributed by atoms with Gasteiger partial charge in [-0.1, -0.05) is 20.3 Å². The lowest BCUT2D eigenvalue weighted by atomic mass is 10.1. The van der Waals surface area contributed by atoms with Crippen LogP contribution in [0.2, 0.25) is 0 Å². The Labute approximate surface area is 108 Å². The Hall–Kier alpha value is -1.36. The summed E-state index contributed by atoms with van der Waals surface area (Å²) in [6.45, 7) is 4.04. The van der Waals surface area contributed by atoms with Gasteiger partial charge in [0.1, 0.15) is 0 Å². The molecule has 2 atom stereocenters. The monoisotopic (exact) mass is 253 g/mol. The van der Waals surface area contributed by atoms with Crippen LogP contribution in [-0.2, 0) is 4.79 Å². The highest BCUT2D eigenvalue weighted by Gasteiger charge is 2.16. The molecule has 0 saturated heterocycles. The van der Waals surface area contributed by atoms with Crippen LogP contribution in [-0.4, -0.2) is 33.2 Å². The lowest BCUT2D eigenvalue weighted by molar-refractivity contribution is -0.123. The molecule has 1 aromatic heterocycles. The van der Waals surface area contributed by atoms with Gasteiger partial charge in [0.2, 0.25) is 5.91 Å². The topological polar surface area (TPSA) is 67.2 Å². The molecule has 0 spiro atoms. The Morgan fingerprint density at radius 1 is 1.50 bits per heavy atom. The zero-order valence-corrected chi connectivity index (χ0v) is 11.2. The number of nitrogens with zero attached hydrogens (tertiary/aromatic N) is 2. The van der Waals surface area contributed by atoms with Crippen LogP contribution in [0.5, 0.6) is 0 Å². The minimum Gasteiger partial charge on any atom is -0.394 e. The van der Waals surface area contributed by atoms with Crippen molar-refractivity contribution < 1.29 is 9.90 Å². The molecule has 0 bridgehead atoms. The molecule has 0 aliphatic rings. The maximum atomic E-state index is 11.9. The van der Waals surface area contributed by atoms with Gasteiger partial charge in [-0.2, -0.15) is 0 Å². The fourth-order valence-corrected chi connectivity index (χ4v) is 1.95. The van der Waals surface area contributed by atoms with E-state index in [9.17, 15) is 4.79 Å². The summed E-state index contributed by atoms with van der Waals surface area (Å²) in [7, 11) is 0. The second-order valence-electron chi connectivity index (χ2n) is 4.51. The third kappa shape index (κ3) is 4.49. The molecule has 18 heavy (non-hydrogen) atoms. The number of imidazole rings is 1. The number of aliphatic hydroxyl groups excluding tert-OH is 1. The Kier molecular flexibility index (Phi) is 6.43. The molecule has 2 unspecified atom stereocenters. The molecule has 5 heteroatoms. The Morgan fingerprint density at radius 2 is 2.28 bits per heavy atom. The fourth-order valence-electron chi connectivity index (χ4n) is 1.95. The van der Waals surface area contributed by atoms with Gasteiger partial charge >= 0.3 is 0 Å². The van der Waals surface area contributed by atoms with E-state index in [4.69, 9.17) is 5.11 Å². The maximum absolute atomic E-state index is 11.9. The van der Waals surface area contributed by atoms with Crippen LogP contribution in [0.1, 0.15) is 45.6 Å². The third-order valence-corrected chi connectivity index (χ3v) is 3.07. The summed E-state index contributed by atoms with van der Waals surface area (Å²) >= 11 is 0. The van der Waals surface area contributed by atoms with Crippen LogP contribution in [0.3, 0.4) is 0 Å². The summed E-state index contributed by atoms with van der Waals surface area (Å²) in [5.74, 6) is -0.0111. The predicted molar refractivity (Wildman–Crippen MR) is 70.1 cm³/mol. The number of hydrogen-bond acceptors (Lipinski definition) is 3. The molecule has 1 aromatic rings. The SMILES string of the molecule is CCCC(CC(=O)NC(CC)CO)n1ccnc1. The number of rotatable bonds is 8. The van der Waals surface area contributed by atoms with E-state index < -0.39 is 0 Å². The van der Waals surface area contributed by atoms with E-state index >= 15 is 0 Å². The minimum atomic E-state index is -0.137. The lowest BCUT2D eigenvalue weighted by Gasteiger charge is -2.19. The number of carbonyl (C=O) groups is 1. The summed E-state index contributed by atoms with van der Waals surface area (Å²) in [5.41, 5.74) is 0. The van der Waals surface area contributed by atoms with Gasteiger partial charge in [-0.15, -0.1) is 0 Å². The Bertz CT molecular complexity index is 334. The van der Waals surface area contributed by atoms with E-state index in [0.717, 1.165) is 19.3 Å². The van der Waals surface area contributed by atoms with Gasteiger partial charge in [-0.05, 0) is 12.8 Å². The van der Waals surface area contributed by atoms with Crippen LogP contribution in [0.15, 0.2) is 18.7 Å². The first kappa shape index (κ1) is 14.7. The van der Waals surface area contributed by atoms with Gasteiger partial charge < -0.3 is 15.0 Å². The highest BCUT2D eigenvalue weighted by molar-refractivity contribution is 5.76. The van der Waals surface area contributed by atoms with Crippen LogP contribution < -0.4 is 5.32 Å². The maximum Gasteiger partial charge on any atom is 0.222 e. The summed E-state index contributed by atoms with van der Waals surface area (Å²) in [4.78, 5) is 15.9. The van der Waals surface area contributed by atoms with Crippen LogP contribution in [0, 0.1) is 0 Å². The zero-order valence-electron chi connectivity index (χ0n) is 11.2. The molecule has 0 fully saturated rings. The van der Waals surface area contributed by atoms with E-state index in [2.05, 4.69) is 17.2 Å². The van der Waals surface area contributed by atoms with Crippen LogP contribution in [0.25, 0.3) is 0 Å². The molecule has 1 rings (SSSR count). The standard InChI is InChI=1S/C13H23N3O2/c1-3-5-12(16-7-6-14-10-16)8-13(18)15-11(4-2)9-17/h6-7,10-12,17H,3-5,8-9H2,1-2H3,(H,15,18). The first-order valence-electron chi connectivity index (χ1n) is 6.58. The number of aliphatic hydroxyl groups is 1. The summed E-state index contributed by atoms with van der Waals surface area (Å²) in [6, 6.07) is 0.0104.